The van der Waals surface area contributed by atoms with Crippen molar-refractivity contribution >= 4 is 29.3 Å². The Hall–Kier alpha value is -2.20. The van der Waals surface area contributed by atoms with E-state index in [9.17, 15) is 4.79 Å². The van der Waals surface area contributed by atoms with E-state index < -0.39 is 5.97 Å². The van der Waals surface area contributed by atoms with Crippen LogP contribution in [0, 0.1) is 0 Å². The molecule has 3 nitrogen and oxygen atoms in total. The van der Waals surface area contributed by atoms with Crippen LogP contribution in [0.15, 0.2) is 51.8 Å². The highest BCUT2D eigenvalue weighted by Crippen LogP contribution is 2.20. The molecule has 0 unspecified atom stereocenters. The molecule has 1 aromatic heterocycles. The summed E-state index contributed by atoms with van der Waals surface area (Å²) in [5.41, 5.74) is 3.42. The zero-order valence-corrected chi connectivity index (χ0v) is 12.5. The third-order valence-corrected chi connectivity index (χ3v) is 3.91. The van der Waals surface area contributed by atoms with Gasteiger partial charge in [-0.1, -0.05) is 25.5 Å². The van der Waals surface area contributed by atoms with Gasteiger partial charge in [-0.2, -0.15) is 11.3 Å². The average molecular weight is 297 g/mol. The van der Waals surface area contributed by atoms with Crippen molar-refractivity contribution in [1.82, 2.24) is 0 Å². The fraction of sp³-hybridized carbons (Fsp3) is 0.176. The van der Waals surface area contributed by atoms with Gasteiger partial charge < -0.3 is 4.74 Å². The summed E-state index contributed by atoms with van der Waals surface area (Å²) < 4.78 is 5.25. The van der Waals surface area contributed by atoms with E-state index in [0.29, 0.717) is 11.6 Å². The summed E-state index contributed by atoms with van der Waals surface area (Å²) in [6, 6.07) is 9.94. The van der Waals surface area contributed by atoms with Gasteiger partial charge in [-0.05, 0) is 52.6 Å². The molecule has 1 aromatic carbocycles. The van der Waals surface area contributed by atoms with Crippen molar-refractivity contribution in [2.45, 2.75) is 19.8 Å². The first-order valence-corrected chi connectivity index (χ1v) is 7.84. The Morgan fingerprint density at radius 3 is 2.71 bits per heavy atom. The minimum atomic E-state index is -0.395. The first kappa shape index (κ1) is 13.8. The Kier molecular flexibility index (Phi) is 3.97. The van der Waals surface area contributed by atoms with Crippen LogP contribution >= 0.6 is 11.3 Å². The number of carbonyl (C=O) groups excluding carboxylic acids is 1. The first-order valence-electron chi connectivity index (χ1n) is 6.90. The number of esters is 1. The SMILES string of the molecule is CCCc1ccc(C2=NC(=Cc3ccsc3)C(=O)O2)cc1. The molecule has 3 rings (SSSR count). The third kappa shape index (κ3) is 3.11. The standard InChI is InChI=1S/C17H15NO2S/c1-2-3-12-4-6-14(7-5-12)16-18-15(17(19)20-16)10-13-8-9-21-11-13/h4-11H,2-3H2,1H3. The molecule has 1 aliphatic heterocycles. The van der Waals surface area contributed by atoms with Crippen LogP contribution in [0.25, 0.3) is 6.08 Å². The molecule has 2 aromatic rings. The first-order chi connectivity index (χ1) is 10.3. The van der Waals surface area contributed by atoms with Crippen LogP contribution < -0.4 is 0 Å². The number of aliphatic imine (C=N–C) groups is 1. The van der Waals surface area contributed by atoms with Crippen molar-refractivity contribution in [3.63, 3.8) is 0 Å². The summed E-state index contributed by atoms with van der Waals surface area (Å²) in [4.78, 5) is 16.2. The van der Waals surface area contributed by atoms with E-state index in [0.717, 1.165) is 24.0 Å². The number of carbonyl (C=O) groups is 1. The van der Waals surface area contributed by atoms with E-state index in [1.165, 1.54) is 5.56 Å². The molecule has 0 fully saturated rings. The van der Waals surface area contributed by atoms with Crippen LogP contribution in [0.3, 0.4) is 0 Å². The average Bonchev–Trinajstić information content (AvgIpc) is 3.11. The van der Waals surface area contributed by atoms with Crippen molar-refractivity contribution in [2.75, 3.05) is 0 Å². The molecule has 0 N–H and O–H groups in total. The van der Waals surface area contributed by atoms with Crippen molar-refractivity contribution in [1.29, 1.82) is 0 Å². The highest BCUT2D eigenvalue weighted by molar-refractivity contribution is 7.08. The molecule has 1 aliphatic rings. The van der Waals surface area contributed by atoms with Gasteiger partial charge in [-0.3, -0.25) is 0 Å². The molecule has 106 valence electrons. The van der Waals surface area contributed by atoms with Gasteiger partial charge >= 0.3 is 5.97 Å². The Labute approximate surface area is 127 Å². The number of ether oxygens (including phenoxy) is 1. The topological polar surface area (TPSA) is 38.7 Å². The number of benzene rings is 1. The minimum absolute atomic E-state index is 0.348. The van der Waals surface area contributed by atoms with Crippen LogP contribution in [0.1, 0.15) is 30.0 Å². The molecular weight excluding hydrogens is 282 g/mol. The normalized spacial score (nSPS) is 16.1. The van der Waals surface area contributed by atoms with E-state index in [-0.39, 0.29) is 0 Å². The molecular formula is C17H15NO2S. The third-order valence-electron chi connectivity index (χ3n) is 3.21. The van der Waals surface area contributed by atoms with Gasteiger partial charge in [0.1, 0.15) is 0 Å². The zero-order chi connectivity index (χ0) is 14.7. The molecule has 0 saturated carbocycles. The van der Waals surface area contributed by atoms with Gasteiger partial charge in [0.25, 0.3) is 0 Å². The molecule has 0 saturated heterocycles. The maximum atomic E-state index is 11.9. The molecule has 0 spiro atoms. The number of aryl methyl sites for hydroxylation is 1. The van der Waals surface area contributed by atoms with Gasteiger partial charge in [-0.25, -0.2) is 9.79 Å². The summed E-state index contributed by atoms with van der Waals surface area (Å²) in [6.07, 6.45) is 3.91. The van der Waals surface area contributed by atoms with Crippen LogP contribution in [-0.4, -0.2) is 11.9 Å². The van der Waals surface area contributed by atoms with Gasteiger partial charge in [0.2, 0.25) is 5.90 Å². The quantitative estimate of drug-likeness (QED) is 0.631. The summed E-state index contributed by atoms with van der Waals surface area (Å²) in [6.45, 7) is 2.15. The maximum Gasteiger partial charge on any atom is 0.363 e. The highest BCUT2D eigenvalue weighted by Gasteiger charge is 2.24. The second kappa shape index (κ2) is 6.06. The lowest BCUT2D eigenvalue weighted by Crippen LogP contribution is -2.05. The number of cyclic esters (lactones) is 1. The van der Waals surface area contributed by atoms with Crippen LogP contribution in [-0.2, 0) is 16.0 Å². The van der Waals surface area contributed by atoms with E-state index in [1.54, 1.807) is 17.4 Å². The summed E-state index contributed by atoms with van der Waals surface area (Å²) in [7, 11) is 0. The Balaban J connectivity index is 1.84. The zero-order valence-electron chi connectivity index (χ0n) is 11.7. The Bertz CT molecular complexity index is 697. The molecule has 0 atom stereocenters. The van der Waals surface area contributed by atoms with E-state index in [1.807, 2.05) is 29.0 Å². The number of hydrogen-bond acceptors (Lipinski definition) is 4. The van der Waals surface area contributed by atoms with Crippen LogP contribution in [0.2, 0.25) is 0 Å². The maximum absolute atomic E-state index is 11.9. The highest BCUT2D eigenvalue weighted by atomic mass is 32.1. The molecule has 2 heterocycles. The second-order valence-corrected chi connectivity index (χ2v) is 5.62. The Morgan fingerprint density at radius 1 is 1.24 bits per heavy atom. The fourth-order valence-electron chi connectivity index (χ4n) is 2.15. The van der Waals surface area contributed by atoms with E-state index >= 15 is 0 Å². The van der Waals surface area contributed by atoms with Gasteiger partial charge in [0.15, 0.2) is 5.70 Å². The Morgan fingerprint density at radius 2 is 2.05 bits per heavy atom. The van der Waals surface area contributed by atoms with E-state index in [4.69, 9.17) is 4.74 Å². The molecule has 0 radical (unpaired) electrons. The van der Waals surface area contributed by atoms with Gasteiger partial charge in [-0.15, -0.1) is 0 Å². The largest absolute Gasteiger partial charge is 0.402 e. The summed E-state index contributed by atoms with van der Waals surface area (Å²) in [5, 5.41) is 3.93. The minimum Gasteiger partial charge on any atom is -0.402 e. The van der Waals surface area contributed by atoms with E-state index in [2.05, 4.69) is 24.0 Å². The lowest BCUT2D eigenvalue weighted by molar-refractivity contribution is -0.129. The summed E-state index contributed by atoms with van der Waals surface area (Å²) >= 11 is 1.58. The van der Waals surface area contributed by atoms with Crippen molar-refractivity contribution < 1.29 is 9.53 Å². The number of nitrogens with zero attached hydrogens (tertiary/aromatic N) is 1. The molecule has 21 heavy (non-hydrogen) atoms. The predicted molar refractivity (Wildman–Crippen MR) is 85.4 cm³/mol. The van der Waals surface area contributed by atoms with Gasteiger partial charge in [0, 0.05) is 5.56 Å². The summed E-state index contributed by atoms with van der Waals surface area (Å²) in [5.74, 6) is -0.0154. The molecule has 0 amide bonds. The molecule has 4 heteroatoms. The van der Waals surface area contributed by atoms with Crippen LogP contribution in [0.5, 0.6) is 0 Å². The second-order valence-electron chi connectivity index (χ2n) is 4.84. The van der Waals surface area contributed by atoms with Crippen molar-refractivity contribution in [3.8, 4) is 0 Å². The predicted octanol–water partition coefficient (Wildman–Crippen LogP) is 4.05. The number of rotatable bonds is 4. The van der Waals surface area contributed by atoms with Crippen molar-refractivity contribution in [2.24, 2.45) is 4.99 Å². The fourth-order valence-corrected chi connectivity index (χ4v) is 2.77. The lowest BCUT2D eigenvalue weighted by Gasteiger charge is -2.01. The van der Waals surface area contributed by atoms with Gasteiger partial charge in [0.05, 0.1) is 0 Å². The smallest absolute Gasteiger partial charge is 0.363 e. The molecule has 0 bridgehead atoms. The lowest BCUT2D eigenvalue weighted by atomic mass is 10.1. The number of thiophene rings is 1. The van der Waals surface area contributed by atoms with Crippen LogP contribution in [0.4, 0.5) is 0 Å². The monoisotopic (exact) mass is 297 g/mol. The number of hydrogen-bond donors (Lipinski definition) is 0. The van der Waals surface area contributed by atoms with Crippen molar-refractivity contribution in [3.05, 3.63) is 63.5 Å². The molecule has 0 aliphatic carbocycles.